The molecule has 0 amide bonds. The fraction of sp³-hybridized carbons (Fsp3) is 0.667. The predicted molar refractivity (Wildman–Crippen MR) is 84.8 cm³/mol. The molecule has 1 atom stereocenters. The summed E-state index contributed by atoms with van der Waals surface area (Å²) < 4.78 is 5.69. The van der Waals surface area contributed by atoms with Crippen molar-refractivity contribution in [3.05, 3.63) is 10.9 Å². The number of thiophene rings is 1. The Balaban J connectivity index is 2.13. The van der Waals surface area contributed by atoms with Gasteiger partial charge in [0.1, 0.15) is 0 Å². The fourth-order valence-corrected chi connectivity index (χ4v) is 3.65. The molecule has 5 heteroatoms. The van der Waals surface area contributed by atoms with Crippen molar-refractivity contribution in [1.29, 1.82) is 0 Å². The largest absolute Gasteiger partial charge is 0.397 e. The van der Waals surface area contributed by atoms with Gasteiger partial charge in [-0.1, -0.05) is 13.8 Å². The minimum atomic E-state index is -0.0166. The Labute approximate surface area is 124 Å². The summed E-state index contributed by atoms with van der Waals surface area (Å²) in [6.07, 6.45) is 2.57. The topological polar surface area (TPSA) is 55.6 Å². The van der Waals surface area contributed by atoms with E-state index in [1.165, 1.54) is 11.3 Å². The quantitative estimate of drug-likeness (QED) is 0.819. The lowest BCUT2D eigenvalue weighted by atomic mass is 10.1. The lowest BCUT2D eigenvalue weighted by Crippen LogP contribution is -2.31. The monoisotopic (exact) mass is 296 g/mol. The van der Waals surface area contributed by atoms with Crippen molar-refractivity contribution < 1.29 is 9.53 Å². The van der Waals surface area contributed by atoms with Crippen LogP contribution in [0.1, 0.15) is 43.3 Å². The molecule has 1 aliphatic rings. The van der Waals surface area contributed by atoms with Crippen LogP contribution in [0, 0.1) is 5.92 Å². The van der Waals surface area contributed by atoms with Crippen LogP contribution in [-0.4, -0.2) is 31.6 Å². The Hall–Kier alpha value is -1.07. The average molecular weight is 296 g/mol. The molecule has 4 nitrogen and oxygen atoms in total. The van der Waals surface area contributed by atoms with E-state index >= 15 is 0 Å². The van der Waals surface area contributed by atoms with Crippen molar-refractivity contribution in [1.82, 2.24) is 0 Å². The van der Waals surface area contributed by atoms with Crippen molar-refractivity contribution in [3.63, 3.8) is 0 Å². The predicted octanol–water partition coefficient (Wildman–Crippen LogP) is 3.17. The summed E-state index contributed by atoms with van der Waals surface area (Å²) in [5.41, 5.74) is 6.62. The highest BCUT2D eigenvalue weighted by molar-refractivity contribution is 7.18. The van der Waals surface area contributed by atoms with E-state index in [0.717, 1.165) is 37.5 Å². The Morgan fingerprint density at radius 3 is 2.90 bits per heavy atom. The van der Waals surface area contributed by atoms with Crippen LogP contribution in [-0.2, 0) is 4.74 Å². The summed E-state index contributed by atoms with van der Waals surface area (Å²) in [6.45, 7) is 8.58. The van der Waals surface area contributed by atoms with Gasteiger partial charge in [-0.05, 0) is 25.8 Å². The van der Waals surface area contributed by atoms with Gasteiger partial charge in [-0.3, -0.25) is 4.79 Å². The number of nitrogens with zero attached hydrogens (tertiary/aromatic N) is 1. The first-order chi connectivity index (χ1) is 9.52. The molecule has 0 saturated carbocycles. The molecule has 1 unspecified atom stereocenters. The number of hydrogen-bond acceptors (Lipinski definition) is 5. The van der Waals surface area contributed by atoms with Crippen LogP contribution in [0.2, 0.25) is 0 Å². The number of ketones is 1. The van der Waals surface area contributed by atoms with Gasteiger partial charge < -0.3 is 15.4 Å². The van der Waals surface area contributed by atoms with Gasteiger partial charge in [0.15, 0.2) is 5.78 Å². The van der Waals surface area contributed by atoms with E-state index in [9.17, 15) is 4.79 Å². The fourth-order valence-electron chi connectivity index (χ4n) is 2.41. The van der Waals surface area contributed by atoms with Crippen LogP contribution in [0.3, 0.4) is 0 Å². The Morgan fingerprint density at radius 2 is 2.35 bits per heavy atom. The van der Waals surface area contributed by atoms with Crippen molar-refractivity contribution in [3.8, 4) is 0 Å². The standard InChI is InChI=1S/C15H24N2O2S/c1-4-17(9-11-6-5-7-19-11)13-8-12(16)15(20-13)14(18)10(2)3/h8,10-11H,4-7,9,16H2,1-3H3. The highest BCUT2D eigenvalue weighted by Gasteiger charge is 2.22. The molecule has 1 aliphatic heterocycles. The van der Waals surface area contributed by atoms with Gasteiger partial charge in [-0.15, -0.1) is 11.3 Å². The third kappa shape index (κ3) is 3.33. The number of anilines is 2. The van der Waals surface area contributed by atoms with Gasteiger partial charge in [0, 0.05) is 25.6 Å². The van der Waals surface area contributed by atoms with Crippen LogP contribution in [0.15, 0.2) is 6.07 Å². The van der Waals surface area contributed by atoms with Crippen LogP contribution in [0.25, 0.3) is 0 Å². The van der Waals surface area contributed by atoms with Gasteiger partial charge in [0.05, 0.1) is 21.7 Å². The first kappa shape index (κ1) is 15.3. The van der Waals surface area contributed by atoms with E-state index in [4.69, 9.17) is 10.5 Å². The first-order valence-corrected chi connectivity index (χ1v) is 8.14. The summed E-state index contributed by atoms with van der Waals surface area (Å²) in [5, 5.41) is 1.07. The molecule has 1 aromatic heterocycles. The van der Waals surface area contributed by atoms with E-state index < -0.39 is 0 Å². The molecule has 2 rings (SSSR count). The average Bonchev–Trinajstić information content (AvgIpc) is 3.04. The number of carbonyl (C=O) groups is 1. The maximum absolute atomic E-state index is 12.1. The lowest BCUT2D eigenvalue weighted by molar-refractivity contribution is 0.0944. The molecule has 0 aliphatic carbocycles. The molecular weight excluding hydrogens is 272 g/mol. The second-order valence-electron chi connectivity index (χ2n) is 5.56. The van der Waals surface area contributed by atoms with Crippen LogP contribution < -0.4 is 10.6 Å². The Bertz CT molecular complexity index is 464. The van der Waals surface area contributed by atoms with Crippen molar-refractivity contribution in [2.75, 3.05) is 30.3 Å². The molecule has 2 N–H and O–H groups in total. The van der Waals surface area contributed by atoms with E-state index in [1.54, 1.807) is 0 Å². The zero-order valence-electron chi connectivity index (χ0n) is 12.5. The molecule has 0 bridgehead atoms. The van der Waals surface area contributed by atoms with Crippen LogP contribution >= 0.6 is 11.3 Å². The molecule has 1 aromatic rings. The number of Topliss-reactive ketones (excluding diaryl/α,β-unsaturated/α-hetero) is 1. The number of likely N-dealkylation sites (N-methyl/N-ethyl adjacent to an activating group) is 1. The number of carbonyl (C=O) groups excluding carboxylic acids is 1. The minimum Gasteiger partial charge on any atom is -0.397 e. The van der Waals surface area contributed by atoms with Crippen molar-refractivity contribution >= 4 is 27.8 Å². The normalized spacial score (nSPS) is 18.7. The van der Waals surface area contributed by atoms with Gasteiger partial charge in [0.2, 0.25) is 0 Å². The van der Waals surface area contributed by atoms with Crippen LogP contribution in [0.5, 0.6) is 0 Å². The van der Waals surface area contributed by atoms with Gasteiger partial charge in [-0.2, -0.15) is 0 Å². The second kappa shape index (κ2) is 6.59. The van der Waals surface area contributed by atoms with E-state index in [2.05, 4.69) is 11.8 Å². The molecule has 0 aromatic carbocycles. The summed E-state index contributed by atoms with van der Waals surface area (Å²) >= 11 is 1.51. The number of ether oxygens (including phenoxy) is 1. The van der Waals surface area contributed by atoms with Crippen molar-refractivity contribution in [2.45, 2.75) is 39.7 Å². The zero-order chi connectivity index (χ0) is 14.7. The number of nitrogen functional groups attached to an aromatic ring is 1. The van der Waals surface area contributed by atoms with Gasteiger partial charge >= 0.3 is 0 Å². The third-order valence-corrected chi connectivity index (χ3v) is 4.86. The minimum absolute atomic E-state index is 0.0166. The maximum atomic E-state index is 12.1. The Morgan fingerprint density at radius 1 is 1.60 bits per heavy atom. The van der Waals surface area contributed by atoms with Gasteiger partial charge in [-0.25, -0.2) is 0 Å². The summed E-state index contributed by atoms with van der Waals surface area (Å²) in [7, 11) is 0. The highest BCUT2D eigenvalue weighted by atomic mass is 32.1. The highest BCUT2D eigenvalue weighted by Crippen LogP contribution is 2.34. The summed E-state index contributed by atoms with van der Waals surface area (Å²) in [5.74, 6) is 0.115. The SMILES string of the molecule is CCN(CC1CCCO1)c1cc(N)c(C(=O)C(C)C)s1. The molecule has 2 heterocycles. The van der Waals surface area contributed by atoms with E-state index in [0.29, 0.717) is 16.7 Å². The molecule has 20 heavy (non-hydrogen) atoms. The van der Waals surface area contributed by atoms with Gasteiger partial charge in [0.25, 0.3) is 0 Å². The van der Waals surface area contributed by atoms with Crippen LogP contribution in [0.4, 0.5) is 10.7 Å². The van der Waals surface area contributed by atoms with E-state index in [1.807, 2.05) is 19.9 Å². The molecule has 0 radical (unpaired) electrons. The molecular formula is C15H24N2O2S. The third-order valence-electron chi connectivity index (χ3n) is 3.64. The summed E-state index contributed by atoms with van der Waals surface area (Å²) in [4.78, 5) is 15.1. The number of rotatable bonds is 6. The summed E-state index contributed by atoms with van der Waals surface area (Å²) in [6, 6.07) is 1.93. The molecule has 0 spiro atoms. The Kier molecular flexibility index (Phi) is 5.05. The number of nitrogens with two attached hydrogens (primary N) is 1. The second-order valence-corrected chi connectivity index (χ2v) is 6.59. The molecule has 1 saturated heterocycles. The maximum Gasteiger partial charge on any atom is 0.177 e. The smallest absolute Gasteiger partial charge is 0.177 e. The lowest BCUT2D eigenvalue weighted by Gasteiger charge is -2.24. The molecule has 112 valence electrons. The zero-order valence-corrected chi connectivity index (χ0v) is 13.3. The van der Waals surface area contributed by atoms with Crippen molar-refractivity contribution in [2.24, 2.45) is 5.92 Å². The first-order valence-electron chi connectivity index (χ1n) is 7.33. The van der Waals surface area contributed by atoms with E-state index in [-0.39, 0.29) is 11.7 Å². The number of hydrogen-bond donors (Lipinski definition) is 1. The molecule has 1 fully saturated rings.